The number of likely N-dealkylation sites (N-methyl/N-ethyl adjacent to an activating group) is 2. The summed E-state index contributed by atoms with van der Waals surface area (Å²) in [6.07, 6.45) is 2.38. The number of nitrogens with zero attached hydrogens (tertiary/aromatic N) is 3. The van der Waals surface area contributed by atoms with E-state index in [1.807, 2.05) is 13.0 Å². The molecule has 0 aliphatic carbocycles. The van der Waals surface area contributed by atoms with Crippen LogP contribution in [0.25, 0.3) is 0 Å². The summed E-state index contributed by atoms with van der Waals surface area (Å²) in [5, 5.41) is 0. The summed E-state index contributed by atoms with van der Waals surface area (Å²) in [5.41, 5.74) is 0.921. The third-order valence-corrected chi connectivity index (χ3v) is 5.61. The Labute approximate surface area is 140 Å². The summed E-state index contributed by atoms with van der Waals surface area (Å²) < 4.78 is 12.9. The van der Waals surface area contributed by atoms with Crippen molar-refractivity contribution in [1.82, 2.24) is 14.8 Å². The zero-order chi connectivity index (χ0) is 15.7. The fourth-order valence-electron chi connectivity index (χ4n) is 2.67. The topological polar surface area (TPSA) is 37.8 Å². The van der Waals surface area contributed by atoms with E-state index in [2.05, 4.69) is 44.8 Å². The highest BCUT2D eigenvalue weighted by molar-refractivity contribution is 9.10. The Bertz CT molecular complexity index is 493. The van der Waals surface area contributed by atoms with Crippen molar-refractivity contribution in [3.63, 3.8) is 0 Å². The van der Waals surface area contributed by atoms with Gasteiger partial charge in [-0.1, -0.05) is 0 Å². The Morgan fingerprint density at radius 1 is 1.14 bits per heavy atom. The van der Waals surface area contributed by atoms with Crippen molar-refractivity contribution in [2.24, 2.45) is 0 Å². The van der Waals surface area contributed by atoms with E-state index in [1.54, 1.807) is 0 Å². The van der Waals surface area contributed by atoms with E-state index in [4.69, 9.17) is 9.47 Å². The molecule has 2 fully saturated rings. The molecule has 0 unspecified atom stereocenters. The first kappa shape index (κ1) is 16.0. The quantitative estimate of drug-likeness (QED) is 0.769. The third kappa shape index (κ3) is 3.39. The molecule has 122 valence electrons. The largest absolute Gasteiger partial charge is 0.486 e. The van der Waals surface area contributed by atoms with Gasteiger partial charge in [0, 0.05) is 22.6 Å². The van der Waals surface area contributed by atoms with E-state index in [0.29, 0.717) is 31.2 Å². The van der Waals surface area contributed by atoms with Gasteiger partial charge in [-0.2, -0.15) is 0 Å². The summed E-state index contributed by atoms with van der Waals surface area (Å²) in [5.74, 6) is 1.35. The van der Waals surface area contributed by atoms with Gasteiger partial charge in [0.25, 0.3) is 5.88 Å². The Hall–Kier alpha value is -0.850. The molecule has 1 aromatic heterocycles. The van der Waals surface area contributed by atoms with Crippen LogP contribution in [0, 0.1) is 6.92 Å². The number of aryl methyl sites for hydroxylation is 1. The molecule has 2 saturated heterocycles. The van der Waals surface area contributed by atoms with Crippen molar-refractivity contribution in [1.29, 1.82) is 0 Å². The van der Waals surface area contributed by atoms with Crippen LogP contribution < -0.4 is 9.47 Å². The molecule has 0 aromatic carbocycles. The Kier molecular flexibility index (Phi) is 4.90. The van der Waals surface area contributed by atoms with E-state index in [0.717, 1.165) is 29.0 Å². The predicted octanol–water partition coefficient (Wildman–Crippen LogP) is 2.32. The minimum absolute atomic E-state index is 0.497. The van der Waals surface area contributed by atoms with Gasteiger partial charge in [0.1, 0.15) is 13.2 Å². The molecule has 1 aromatic rings. The van der Waals surface area contributed by atoms with Gasteiger partial charge in [-0.25, -0.2) is 4.98 Å². The number of hydrogen-bond donors (Lipinski definition) is 0. The van der Waals surface area contributed by atoms with Gasteiger partial charge in [0.05, 0.1) is 5.69 Å². The third-order valence-electron chi connectivity index (χ3n) is 4.80. The molecule has 0 amide bonds. The van der Waals surface area contributed by atoms with Crippen LogP contribution in [0.5, 0.6) is 11.6 Å². The van der Waals surface area contributed by atoms with Crippen LogP contribution in [0.2, 0.25) is 0 Å². The number of hydrogen-bond acceptors (Lipinski definition) is 5. The van der Waals surface area contributed by atoms with Crippen molar-refractivity contribution >= 4 is 15.9 Å². The van der Waals surface area contributed by atoms with Gasteiger partial charge in [-0.15, -0.1) is 0 Å². The first-order valence-corrected chi connectivity index (χ1v) is 8.67. The maximum Gasteiger partial charge on any atom is 0.257 e. The van der Waals surface area contributed by atoms with Crippen molar-refractivity contribution < 1.29 is 9.47 Å². The highest BCUT2D eigenvalue weighted by atomic mass is 79.9. The molecule has 5 nitrogen and oxygen atoms in total. The van der Waals surface area contributed by atoms with Crippen LogP contribution >= 0.6 is 15.9 Å². The monoisotopic (exact) mass is 369 g/mol. The van der Waals surface area contributed by atoms with Gasteiger partial charge in [0.15, 0.2) is 5.75 Å². The van der Waals surface area contributed by atoms with Crippen LogP contribution in [0.15, 0.2) is 10.5 Å². The Morgan fingerprint density at radius 3 is 2.23 bits per heavy atom. The number of halogens is 1. The molecule has 0 N–H and O–H groups in total. The number of rotatable bonds is 6. The van der Waals surface area contributed by atoms with Gasteiger partial charge in [-0.05, 0) is 62.9 Å². The summed E-state index contributed by atoms with van der Waals surface area (Å²) in [4.78, 5) is 9.15. The summed E-state index contributed by atoms with van der Waals surface area (Å²) in [7, 11) is 4.26. The van der Waals surface area contributed by atoms with Gasteiger partial charge >= 0.3 is 0 Å². The van der Waals surface area contributed by atoms with Gasteiger partial charge in [-0.3, -0.25) is 9.80 Å². The fraction of sp³-hybridized carbons (Fsp3) is 0.688. The second kappa shape index (κ2) is 6.72. The lowest BCUT2D eigenvalue weighted by atomic mass is 10.1. The van der Waals surface area contributed by atoms with Crippen molar-refractivity contribution in [3.05, 3.63) is 16.2 Å². The molecule has 0 spiro atoms. The first-order chi connectivity index (χ1) is 10.5. The van der Waals surface area contributed by atoms with E-state index >= 15 is 0 Å². The molecule has 0 saturated carbocycles. The van der Waals surface area contributed by atoms with Gasteiger partial charge < -0.3 is 9.47 Å². The van der Waals surface area contributed by atoms with E-state index in [1.165, 1.54) is 12.8 Å². The number of pyridine rings is 1. The molecule has 3 rings (SSSR count). The second-order valence-corrected chi connectivity index (χ2v) is 7.18. The SMILES string of the molecule is Cc1nc(OC[C@H]2CCN2C)c(OC[C@H]2CCN2C)cc1Br. The average molecular weight is 370 g/mol. The minimum atomic E-state index is 0.497. The van der Waals surface area contributed by atoms with Crippen molar-refractivity contribution in [2.75, 3.05) is 40.4 Å². The molecule has 6 heteroatoms. The average Bonchev–Trinajstić information content (AvgIpc) is 2.48. The van der Waals surface area contributed by atoms with Crippen LogP contribution in [0.4, 0.5) is 0 Å². The highest BCUT2D eigenvalue weighted by Gasteiger charge is 2.27. The predicted molar refractivity (Wildman–Crippen MR) is 89.7 cm³/mol. The molecule has 0 bridgehead atoms. The van der Waals surface area contributed by atoms with E-state index < -0.39 is 0 Å². The van der Waals surface area contributed by atoms with Crippen LogP contribution in [-0.2, 0) is 0 Å². The second-order valence-electron chi connectivity index (χ2n) is 6.33. The molecular weight excluding hydrogens is 346 g/mol. The fourth-order valence-corrected chi connectivity index (χ4v) is 2.97. The van der Waals surface area contributed by atoms with Gasteiger partial charge in [0.2, 0.25) is 0 Å². The lowest BCUT2D eigenvalue weighted by molar-refractivity contribution is 0.0645. The molecule has 2 aliphatic heterocycles. The Balaban J connectivity index is 1.64. The van der Waals surface area contributed by atoms with E-state index in [9.17, 15) is 0 Å². The van der Waals surface area contributed by atoms with Crippen molar-refractivity contribution in [2.45, 2.75) is 31.8 Å². The van der Waals surface area contributed by atoms with Crippen molar-refractivity contribution in [3.8, 4) is 11.6 Å². The zero-order valence-corrected chi connectivity index (χ0v) is 15.1. The van der Waals surface area contributed by atoms with Crippen LogP contribution in [0.1, 0.15) is 18.5 Å². The highest BCUT2D eigenvalue weighted by Crippen LogP contribution is 2.32. The lowest BCUT2D eigenvalue weighted by Gasteiger charge is -2.38. The number of aromatic nitrogens is 1. The minimum Gasteiger partial charge on any atom is -0.486 e. The number of ether oxygens (including phenoxy) is 2. The zero-order valence-electron chi connectivity index (χ0n) is 13.5. The lowest BCUT2D eigenvalue weighted by Crippen LogP contribution is -2.48. The standard InChI is InChI=1S/C16H24BrN3O2/c1-11-14(17)8-15(21-9-12-4-6-19(12)2)16(18-11)22-10-13-5-7-20(13)3/h8,12-13H,4-7,9-10H2,1-3H3/t12-,13-/m1/s1. The maximum absolute atomic E-state index is 5.99. The number of likely N-dealkylation sites (tertiary alicyclic amines) is 2. The van der Waals surface area contributed by atoms with Crippen LogP contribution in [-0.4, -0.2) is 67.3 Å². The summed E-state index contributed by atoms with van der Waals surface area (Å²) in [6, 6.07) is 2.97. The molecule has 0 radical (unpaired) electrons. The molecule has 2 aliphatic rings. The first-order valence-electron chi connectivity index (χ1n) is 7.88. The summed E-state index contributed by atoms with van der Waals surface area (Å²) >= 11 is 3.53. The molecule has 3 heterocycles. The normalized spacial score (nSPS) is 25.5. The maximum atomic E-state index is 5.99. The molecular formula is C16H24BrN3O2. The summed E-state index contributed by atoms with van der Waals surface area (Å²) in [6.45, 7) is 5.63. The smallest absolute Gasteiger partial charge is 0.257 e. The van der Waals surface area contributed by atoms with Crippen LogP contribution in [0.3, 0.4) is 0 Å². The molecule has 22 heavy (non-hydrogen) atoms. The molecule has 2 atom stereocenters. The van der Waals surface area contributed by atoms with E-state index in [-0.39, 0.29) is 0 Å². The Morgan fingerprint density at radius 2 is 1.73 bits per heavy atom.